The summed E-state index contributed by atoms with van der Waals surface area (Å²) in [4.78, 5) is 0. The fraction of sp³-hybridized carbons (Fsp3) is 0.667. The Labute approximate surface area is 63.0 Å². The maximum Gasteiger partial charge on any atom is 0.239 e. The van der Waals surface area contributed by atoms with E-state index in [2.05, 4.69) is 15.9 Å². The van der Waals surface area contributed by atoms with Gasteiger partial charge in [-0.1, -0.05) is 22.9 Å². The summed E-state index contributed by atoms with van der Waals surface area (Å²) in [7, 11) is 0. The molecule has 0 amide bonds. The van der Waals surface area contributed by atoms with Crippen LogP contribution in [0.2, 0.25) is 0 Å². The Morgan fingerprint density at radius 3 is 2.89 bits per heavy atom. The lowest BCUT2D eigenvalue weighted by Crippen LogP contribution is -2.05. The summed E-state index contributed by atoms with van der Waals surface area (Å²) in [5.41, 5.74) is 0. The van der Waals surface area contributed by atoms with Crippen LogP contribution >= 0.6 is 15.9 Å². The number of alkyl halides is 1. The zero-order valence-electron chi connectivity index (χ0n) is 5.26. The maximum atomic E-state index is 5.25. The lowest BCUT2D eigenvalue weighted by molar-refractivity contribution is -0.0319. The molecule has 3 heteroatoms. The average molecular weight is 193 g/mol. The molecule has 0 aromatic rings. The van der Waals surface area contributed by atoms with Crippen LogP contribution < -0.4 is 0 Å². The molecule has 52 valence electrons. The lowest BCUT2D eigenvalue weighted by Gasteiger charge is -2.06. The molecule has 1 aliphatic rings. The monoisotopic (exact) mass is 192 g/mol. The highest BCUT2D eigenvalue weighted by Gasteiger charge is 2.15. The van der Waals surface area contributed by atoms with Crippen molar-refractivity contribution in [1.29, 1.82) is 0 Å². The summed E-state index contributed by atoms with van der Waals surface area (Å²) in [6.07, 6.45) is 2.51. The van der Waals surface area contributed by atoms with Gasteiger partial charge >= 0.3 is 0 Å². The second kappa shape index (κ2) is 3.11. The van der Waals surface area contributed by atoms with E-state index >= 15 is 0 Å². The Bertz CT molecular complexity index is 122. The molecular formula is C6H9BrO2. The van der Waals surface area contributed by atoms with Gasteiger partial charge in [-0.15, -0.1) is 0 Å². The van der Waals surface area contributed by atoms with Crippen molar-refractivity contribution in [2.75, 3.05) is 5.33 Å². The number of allylic oxidation sites excluding steroid dienone is 1. The van der Waals surface area contributed by atoms with E-state index in [1.165, 1.54) is 0 Å². The summed E-state index contributed by atoms with van der Waals surface area (Å²) in [6, 6.07) is 0. The van der Waals surface area contributed by atoms with E-state index in [0.717, 1.165) is 17.5 Å². The van der Waals surface area contributed by atoms with Crippen LogP contribution in [0.15, 0.2) is 12.0 Å². The molecule has 2 nitrogen and oxygen atoms in total. The zero-order chi connectivity index (χ0) is 6.69. The Morgan fingerprint density at radius 2 is 2.56 bits per heavy atom. The standard InChI is InChI=1S/C6H9BrO2/c1-2-6-8-4-5(3-7)9-6/h4,6H,2-3H2,1H3. The van der Waals surface area contributed by atoms with Gasteiger partial charge in [-0.2, -0.15) is 0 Å². The van der Waals surface area contributed by atoms with Crippen LogP contribution in [0.3, 0.4) is 0 Å². The number of hydrogen-bond acceptors (Lipinski definition) is 2. The number of hydrogen-bond donors (Lipinski definition) is 0. The van der Waals surface area contributed by atoms with Crippen LogP contribution in [0.5, 0.6) is 0 Å². The van der Waals surface area contributed by atoms with E-state index in [0.29, 0.717) is 0 Å². The number of rotatable bonds is 2. The van der Waals surface area contributed by atoms with Crippen molar-refractivity contribution in [2.45, 2.75) is 19.6 Å². The van der Waals surface area contributed by atoms with Gasteiger partial charge in [0.25, 0.3) is 0 Å². The van der Waals surface area contributed by atoms with Gasteiger partial charge in [0.2, 0.25) is 6.29 Å². The molecule has 1 atom stereocenters. The molecule has 0 aromatic heterocycles. The van der Waals surface area contributed by atoms with Crippen molar-refractivity contribution in [1.82, 2.24) is 0 Å². The summed E-state index contributed by atoms with van der Waals surface area (Å²) in [5.74, 6) is 0.877. The van der Waals surface area contributed by atoms with Gasteiger partial charge in [0.15, 0.2) is 0 Å². The number of ether oxygens (including phenoxy) is 2. The predicted octanol–water partition coefficient (Wildman–Crippen LogP) is 2.01. The van der Waals surface area contributed by atoms with E-state index in [1.54, 1.807) is 6.26 Å². The molecule has 0 radical (unpaired) electrons. The second-order valence-corrected chi connectivity index (χ2v) is 2.37. The van der Waals surface area contributed by atoms with E-state index < -0.39 is 0 Å². The Balaban J connectivity index is 2.31. The van der Waals surface area contributed by atoms with Crippen LogP contribution in [-0.4, -0.2) is 11.6 Å². The summed E-state index contributed by atoms with van der Waals surface area (Å²) < 4.78 is 10.3. The van der Waals surface area contributed by atoms with Gasteiger partial charge in [-0.25, -0.2) is 0 Å². The Kier molecular flexibility index (Phi) is 2.39. The largest absolute Gasteiger partial charge is 0.459 e. The first-order valence-electron chi connectivity index (χ1n) is 2.94. The molecule has 0 saturated carbocycles. The second-order valence-electron chi connectivity index (χ2n) is 1.81. The average Bonchev–Trinajstić information content (AvgIpc) is 2.34. The van der Waals surface area contributed by atoms with Gasteiger partial charge in [0.1, 0.15) is 12.0 Å². The molecule has 0 spiro atoms. The van der Waals surface area contributed by atoms with Crippen LogP contribution in [0.1, 0.15) is 13.3 Å². The van der Waals surface area contributed by atoms with Crippen LogP contribution in [0.25, 0.3) is 0 Å². The predicted molar refractivity (Wildman–Crippen MR) is 38.1 cm³/mol. The summed E-state index contributed by atoms with van der Waals surface area (Å²) >= 11 is 3.26. The highest BCUT2D eigenvalue weighted by atomic mass is 79.9. The van der Waals surface area contributed by atoms with E-state index in [-0.39, 0.29) is 6.29 Å². The third-order valence-electron chi connectivity index (χ3n) is 1.10. The highest BCUT2D eigenvalue weighted by molar-refractivity contribution is 9.09. The first-order chi connectivity index (χ1) is 4.36. The minimum atomic E-state index is -0.0439. The Morgan fingerprint density at radius 1 is 1.78 bits per heavy atom. The molecular weight excluding hydrogens is 184 g/mol. The van der Waals surface area contributed by atoms with Gasteiger partial charge in [0.05, 0.1) is 5.33 Å². The third kappa shape index (κ3) is 1.61. The van der Waals surface area contributed by atoms with Crippen molar-refractivity contribution in [3.8, 4) is 0 Å². The molecule has 1 aliphatic heterocycles. The maximum absolute atomic E-state index is 5.25. The fourth-order valence-corrected chi connectivity index (χ4v) is 0.883. The van der Waals surface area contributed by atoms with Crippen molar-refractivity contribution in [2.24, 2.45) is 0 Å². The molecule has 0 N–H and O–H groups in total. The van der Waals surface area contributed by atoms with Crippen LogP contribution in [0.4, 0.5) is 0 Å². The molecule has 1 heterocycles. The van der Waals surface area contributed by atoms with Crippen molar-refractivity contribution < 1.29 is 9.47 Å². The molecule has 0 aromatic carbocycles. The molecule has 0 bridgehead atoms. The minimum Gasteiger partial charge on any atom is -0.459 e. The lowest BCUT2D eigenvalue weighted by atomic mass is 10.5. The smallest absolute Gasteiger partial charge is 0.239 e. The van der Waals surface area contributed by atoms with Crippen molar-refractivity contribution >= 4 is 15.9 Å². The van der Waals surface area contributed by atoms with E-state index in [9.17, 15) is 0 Å². The van der Waals surface area contributed by atoms with Gasteiger partial charge in [-0.3, -0.25) is 0 Å². The fourth-order valence-electron chi connectivity index (χ4n) is 0.619. The molecule has 0 fully saturated rings. The van der Waals surface area contributed by atoms with Gasteiger partial charge in [0, 0.05) is 6.42 Å². The Hall–Kier alpha value is -0.180. The molecule has 9 heavy (non-hydrogen) atoms. The molecule has 1 unspecified atom stereocenters. The van der Waals surface area contributed by atoms with E-state index in [4.69, 9.17) is 9.47 Å². The molecule has 0 aliphatic carbocycles. The SMILES string of the molecule is CCC1OC=C(CBr)O1. The minimum absolute atomic E-state index is 0.0439. The molecule has 0 saturated heterocycles. The molecule has 1 rings (SSSR count). The first-order valence-corrected chi connectivity index (χ1v) is 4.06. The summed E-state index contributed by atoms with van der Waals surface area (Å²) in [6.45, 7) is 2.02. The topological polar surface area (TPSA) is 18.5 Å². The third-order valence-corrected chi connectivity index (χ3v) is 1.65. The van der Waals surface area contributed by atoms with Gasteiger partial charge in [-0.05, 0) is 0 Å². The zero-order valence-corrected chi connectivity index (χ0v) is 6.85. The normalized spacial score (nSPS) is 24.7. The van der Waals surface area contributed by atoms with Crippen LogP contribution in [0, 0.1) is 0 Å². The summed E-state index contributed by atoms with van der Waals surface area (Å²) in [5, 5.41) is 0.740. The van der Waals surface area contributed by atoms with Crippen molar-refractivity contribution in [3.63, 3.8) is 0 Å². The van der Waals surface area contributed by atoms with Gasteiger partial charge < -0.3 is 9.47 Å². The number of halogens is 1. The quantitative estimate of drug-likeness (QED) is 0.624. The van der Waals surface area contributed by atoms with E-state index in [1.807, 2.05) is 6.92 Å². The highest BCUT2D eigenvalue weighted by Crippen LogP contribution is 2.17. The van der Waals surface area contributed by atoms with Crippen LogP contribution in [-0.2, 0) is 9.47 Å². The first kappa shape index (κ1) is 6.93. The van der Waals surface area contributed by atoms with Crippen molar-refractivity contribution in [3.05, 3.63) is 12.0 Å².